The third-order valence-corrected chi connectivity index (χ3v) is 4.29. The number of nitrogens with one attached hydrogen (secondary N) is 1. The molecule has 0 saturated carbocycles. The van der Waals surface area contributed by atoms with Gasteiger partial charge in [-0.15, -0.1) is 10.2 Å². The van der Waals surface area contributed by atoms with Crippen molar-refractivity contribution in [3.63, 3.8) is 0 Å². The summed E-state index contributed by atoms with van der Waals surface area (Å²) in [5.74, 6) is 0.160. The average Bonchev–Trinajstić information content (AvgIpc) is 3.14. The maximum atomic E-state index is 12.1. The molecule has 0 aliphatic rings. The van der Waals surface area contributed by atoms with Gasteiger partial charge >= 0.3 is 0 Å². The molecule has 1 aromatic carbocycles. The number of carbonyl (C=O) groups is 1. The van der Waals surface area contributed by atoms with Crippen LogP contribution in [0.15, 0.2) is 60.0 Å². The molecule has 3 N–H and O–H groups in total. The topological polar surface area (TPSA) is 133 Å². The van der Waals surface area contributed by atoms with Crippen molar-refractivity contribution in [2.45, 2.75) is 11.4 Å². The first-order valence-electron chi connectivity index (χ1n) is 7.15. The number of nitrogens with two attached hydrogens (primary N) is 1. The number of primary sulfonamides is 1. The summed E-state index contributed by atoms with van der Waals surface area (Å²) in [5.41, 5.74) is 0.897. The molecule has 0 radical (unpaired) electrons. The molecule has 0 aliphatic heterocycles. The second kappa shape index (κ2) is 6.79. The molecule has 3 aromatic rings. The van der Waals surface area contributed by atoms with Crippen LogP contribution >= 0.6 is 0 Å². The number of sulfonamides is 1. The number of benzene rings is 1. The zero-order valence-corrected chi connectivity index (χ0v) is 13.7. The Kier molecular flexibility index (Phi) is 4.55. The molecule has 2 heterocycles. The molecule has 0 atom stereocenters. The van der Waals surface area contributed by atoms with Gasteiger partial charge < -0.3 is 5.32 Å². The van der Waals surface area contributed by atoms with Crippen LogP contribution in [0, 0.1) is 0 Å². The lowest BCUT2D eigenvalue weighted by Gasteiger charge is -2.06. The molecule has 9 nitrogen and oxygen atoms in total. The highest BCUT2D eigenvalue weighted by molar-refractivity contribution is 7.89. The van der Waals surface area contributed by atoms with Crippen LogP contribution in [0.1, 0.15) is 16.1 Å². The van der Waals surface area contributed by atoms with E-state index in [2.05, 4.69) is 20.5 Å². The lowest BCUT2D eigenvalue weighted by Crippen LogP contribution is -2.24. The molecule has 25 heavy (non-hydrogen) atoms. The number of hydrogen-bond donors (Lipinski definition) is 2. The summed E-state index contributed by atoms with van der Waals surface area (Å²) in [6, 6.07) is 9.14. The highest BCUT2D eigenvalue weighted by Gasteiger charge is 2.10. The van der Waals surface area contributed by atoms with Gasteiger partial charge in [0.2, 0.25) is 10.0 Å². The minimum Gasteiger partial charge on any atom is -0.347 e. The van der Waals surface area contributed by atoms with Crippen molar-refractivity contribution in [3.05, 3.63) is 66.4 Å². The van der Waals surface area contributed by atoms with Gasteiger partial charge in [0, 0.05) is 18.9 Å². The lowest BCUT2D eigenvalue weighted by atomic mass is 10.2. The highest BCUT2D eigenvalue weighted by atomic mass is 32.2. The first kappa shape index (κ1) is 16.7. The van der Waals surface area contributed by atoms with Gasteiger partial charge in [0.05, 0.1) is 4.90 Å². The molecule has 0 unspecified atom stereocenters. The fraction of sp³-hybridized carbons (Fsp3) is 0.0667. The Morgan fingerprint density at radius 3 is 2.44 bits per heavy atom. The van der Waals surface area contributed by atoms with Crippen LogP contribution in [0.3, 0.4) is 0 Å². The van der Waals surface area contributed by atoms with E-state index < -0.39 is 10.0 Å². The van der Waals surface area contributed by atoms with Crippen LogP contribution in [0.4, 0.5) is 0 Å². The highest BCUT2D eigenvalue weighted by Crippen LogP contribution is 2.09. The van der Waals surface area contributed by atoms with Crippen molar-refractivity contribution in [1.82, 2.24) is 25.1 Å². The molecule has 0 bridgehead atoms. The predicted octanol–water partition coefficient (Wildman–Crippen LogP) is 0.240. The lowest BCUT2D eigenvalue weighted by molar-refractivity contribution is 0.0945. The van der Waals surface area contributed by atoms with Gasteiger partial charge in [-0.3, -0.25) is 9.36 Å². The molecule has 0 saturated heterocycles. The van der Waals surface area contributed by atoms with E-state index in [1.165, 1.54) is 12.1 Å². The van der Waals surface area contributed by atoms with Crippen molar-refractivity contribution in [2.75, 3.05) is 0 Å². The van der Waals surface area contributed by atoms with E-state index in [0.29, 0.717) is 5.82 Å². The fourth-order valence-electron chi connectivity index (χ4n) is 2.05. The van der Waals surface area contributed by atoms with Crippen molar-refractivity contribution >= 4 is 15.9 Å². The minimum atomic E-state index is -3.73. The second-order valence-corrected chi connectivity index (χ2v) is 6.68. The van der Waals surface area contributed by atoms with Crippen molar-refractivity contribution in [2.24, 2.45) is 5.14 Å². The summed E-state index contributed by atoms with van der Waals surface area (Å²) in [5, 5.41) is 15.6. The van der Waals surface area contributed by atoms with Gasteiger partial charge in [0.25, 0.3) is 5.91 Å². The Balaban J connectivity index is 1.62. The zero-order chi connectivity index (χ0) is 17.9. The normalized spacial score (nSPS) is 11.2. The third-order valence-electron chi connectivity index (χ3n) is 3.36. The van der Waals surface area contributed by atoms with E-state index in [0.717, 1.165) is 5.56 Å². The van der Waals surface area contributed by atoms with E-state index in [4.69, 9.17) is 5.14 Å². The fourth-order valence-corrected chi connectivity index (χ4v) is 2.56. The van der Waals surface area contributed by atoms with Crippen LogP contribution < -0.4 is 10.5 Å². The van der Waals surface area contributed by atoms with E-state index >= 15 is 0 Å². The molecular weight excluding hydrogens is 344 g/mol. The van der Waals surface area contributed by atoms with Gasteiger partial charge in [-0.1, -0.05) is 12.1 Å². The molecule has 2 aromatic heterocycles. The summed E-state index contributed by atoms with van der Waals surface area (Å²) in [6.07, 6.45) is 4.91. The maximum Gasteiger partial charge on any atom is 0.272 e. The molecule has 128 valence electrons. The van der Waals surface area contributed by atoms with E-state index in [-0.39, 0.29) is 23.0 Å². The summed E-state index contributed by atoms with van der Waals surface area (Å²) >= 11 is 0. The molecule has 0 aliphatic carbocycles. The largest absolute Gasteiger partial charge is 0.347 e. The van der Waals surface area contributed by atoms with Crippen molar-refractivity contribution in [1.29, 1.82) is 0 Å². The van der Waals surface area contributed by atoms with Gasteiger partial charge in [-0.05, 0) is 29.8 Å². The number of rotatable bonds is 5. The van der Waals surface area contributed by atoms with Crippen molar-refractivity contribution < 1.29 is 13.2 Å². The van der Waals surface area contributed by atoms with E-state index in [1.54, 1.807) is 47.6 Å². The van der Waals surface area contributed by atoms with Crippen LogP contribution in [-0.4, -0.2) is 34.1 Å². The summed E-state index contributed by atoms with van der Waals surface area (Å²) in [6.45, 7) is 0.217. The number of nitrogens with zero attached hydrogens (tertiary/aromatic N) is 4. The Morgan fingerprint density at radius 1 is 1.12 bits per heavy atom. The Hall–Kier alpha value is -3.11. The number of hydrogen-bond acceptors (Lipinski definition) is 6. The Labute approximate surface area is 143 Å². The molecule has 0 fully saturated rings. The van der Waals surface area contributed by atoms with Crippen LogP contribution in [0.25, 0.3) is 5.82 Å². The van der Waals surface area contributed by atoms with E-state index in [9.17, 15) is 13.2 Å². The smallest absolute Gasteiger partial charge is 0.272 e. The Bertz CT molecular complexity index is 967. The molecule has 0 spiro atoms. The monoisotopic (exact) mass is 358 g/mol. The summed E-state index contributed by atoms with van der Waals surface area (Å²) < 4.78 is 24.1. The van der Waals surface area contributed by atoms with E-state index in [1.807, 2.05) is 0 Å². The number of aromatic nitrogens is 4. The molecule has 1 amide bonds. The average molecular weight is 358 g/mol. The van der Waals surface area contributed by atoms with Crippen LogP contribution in [0.5, 0.6) is 0 Å². The SMILES string of the molecule is NS(=O)(=O)c1ccc(CNC(=O)c2ccc(-n3ccnc3)nn2)cc1. The second-order valence-electron chi connectivity index (χ2n) is 5.12. The first-order chi connectivity index (χ1) is 11.9. The van der Waals surface area contributed by atoms with Crippen LogP contribution in [0.2, 0.25) is 0 Å². The minimum absolute atomic E-state index is 0.0172. The number of carbonyl (C=O) groups excluding carboxylic acids is 1. The predicted molar refractivity (Wildman–Crippen MR) is 88.1 cm³/mol. The summed E-state index contributed by atoms with van der Waals surface area (Å²) in [7, 11) is -3.73. The van der Waals surface area contributed by atoms with Gasteiger partial charge in [-0.2, -0.15) is 0 Å². The van der Waals surface area contributed by atoms with Crippen LogP contribution in [-0.2, 0) is 16.6 Å². The molecule has 10 heteroatoms. The van der Waals surface area contributed by atoms with Gasteiger partial charge in [0.15, 0.2) is 11.5 Å². The number of amides is 1. The zero-order valence-electron chi connectivity index (χ0n) is 12.9. The quantitative estimate of drug-likeness (QED) is 0.671. The molecule has 3 rings (SSSR count). The maximum absolute atomic E-state index is 12.1. The first-order valence-corrected chi connectivity index (χ1v) is 8.70. The summed E-state index contributed by atoms with van der Waals surface area (Å²) in [4.78, 5) is 16.0. The number of imidazole rings is 1. The van der Waals surface area contributed by atoms with Gasteiger partial charge in [-0.25, -0.2) is 18.5 Å². The van der Waals surface area contributed by atoms with Gasteiger partial charge in [0.1, 0.15) is 6.33 Å². The Morgan fingerprint density at radius 2 is 1.88 bits per heavy atom. The standard InChI is InChI=1S/C15H14N6O3S/c16-25(23,24)12-3-1-11(2-4-12)9-18-15(22)13-5-6-14(20-19-13)21-8-7-17-10-21/h1-8,10H,9H2,(H,18,22)(H2,16,23,24). The molecular formula is C15H14N6O3S. The third kappa shape index (κ3) is 4.05. The van der Waals surface area contributed by atoms with Crippen molar-refractivity contribution in [3.8, 4) is 5.82 Å².